The second-order valence-electron chi connectivity index (χ2n) is 6.26. The monoisotopic (exact) mass is 350 g/mol. The van der Waals surface area contributed by atoms with Crippen LogP contribution in [0.15, 0.2) is 30.7 Å². The van der Waals surface area contributed by atoms with Gasteiger partial charge in [0.1, 0.15) is 23.7 Å². The van der Waals surface area contributed by atoms with Crippen LogP contribution in [-0.2, 0) is 26.3 Å². The first-order valence-corrected chi connectivity index (χ1v) is 8.90. The number of rotatable bonds is 5. The van der Waals surface area contributed by atoms with Gasteiger partial charge >= 0.3 is 0 Å². The highest BCUT2D eigenvalue weighted by Crippen LogP contribution is 2.23. The minimum absolute atomic E-state index is 0.674. The fourth-order valence-corrected chi connectivity index (χ4v) is 3.14. The lowest BCUT2D eigenvalue weighted by molar-refractivity contribution is 0.700. The van der Waals surface area contributed by atoms with Crippen molar-refractivity contribution in [1.82, 2.24) is 35.0 Å². The van der Waals surface area contributed by atoms with Crippen molar-refractivity contribution in [3.8, 4) is 11.5 Å². The lowest BCUT2D eigenvalue weighted by Crippen LogP contribution is -2.16. The number of aryl methyl sites for hydroxylation is 1. The van der Waals surface area contributed by atoms with Crippen LogP contribution in [-0.4, -0.2) is 49.4 Å². The number of aromatic nitrogens is 6. The maximum atomic E-state index is 4.80. The number of nitrogens with one attached hydrogen (secondary N) is 2. The van der Waals surface area contributed by atoms with Gasteiger partial charge in [-0.1, -0.05) is 6.07 Å². The average Bonchev–Trinajstić information content (AvgIpc) is 2.93. The van der Waals surface area contributed by atoms with Crippen LogP contribution in [0.2, 0.25) is 0 Å². The molecule has 1 aliphatic rings. The summed E-state index contributed by atoms with van der Waals surface area (Å²) in [5.41, 5.74) is 3.10. The highest BCUT2D eigenvalue weighted by molar-refractivity contribution is 5.57. The van der Waals surface area contributed by atoms with Crippen molar-refractivity contribution in [3.63, 3.8) is 0 Å². The summed E-state index contributed by atoms with van der Waals surface area (Å²) in [7, 11) is 1.91. The molecule has 4 heterocycles. The zero-order chi connectivity index (χ0) is 17.8. The largest absolute Gasteiger partial charge is 0.369 e. The zero-order valence-electron chi connectivity index (χ0n) is 14.8. The van der Waals surface area contributed by atoms with Crippen molar-refractivity contribution in [2.75, 3.05) is 25.0 Å². The van der Waals surface area contributed by atoms with Crippen molar-refractivity contribution in [2.45, 2.75) is 19.3 Å². The first kappa shape index (κ1) is 16.6. The van der Waals surface area contributed by atoms with Gasteiger partial charge in [-0.2, -0.15) is 5.10 Å². The predicted molar refractivity (Wildman–Crippen MR) is 98.7 cm³/mol. The van der Waals surface area contributed by atoms with Crippen LogP contribution in [0.4, 0.5) is 5.82 Å². The maximum absolute atomic E-state index is 4.80. The van der Waals surface area contributed by atoms with E-state index in [0.29, 0.717) is 5.82 Å². The Labute approximate surface area is 152 Å². The smallest absolute Gasteiger partial charge is 0.180 e. The van der Waals surface area contributed by atoms with E-state index < -0.39 is 0 Å². The highest BCUT2D eigenvalue weighted by atomic mass is 15.3. The van der Waals surface area contributed by atoms with Crippen LogP contribution >= 0.6 is 0 Å². The van der Waals surface area contributed by atoms with Crippen LogP contribution < -0.4 is 10.6 Å². The SMILES string of the molecule is Cn1ncnc1CCNc1nc(-c2ccccn2)nc2c1CCNCC2. The molecule has 8 heteroatoms. The number of hydrogen-bond acceptors (Lipinski definition) is 7. The van der Waals surface area contributed by atoms with E-state index in [1.165, 1.54) is 5.56 Å². The van der Waals surface area contributed by atoms with Crippen molar-refractivity contribution < 1.29 is 0 Å². The van der Waals surface area contributed by atoms with E-state index in [1.54, 1.807) is 17.2 Å². The quantitative estimate of drug-likeness (QED) is 0.709. The first-order chi connectivity index (χ1) is 12.8. The van der Waals surface area contributed by atoms with Crippen molar-refractivity contribution in [1.29, 1.82) is 0 Å². The number of fused-ring (bicyclic) bond motifs is 1. The maximum Gasteiger partial charge on any atom is 0.180 e. The van der Waals surface area contributed by atoms with E-state index in [2.05, 4.69) is 25.7 Å². The van der Waals surface area contributed by atoms with Crippen LogP contribution in [0.3, 0.4) is 0 Å². The second-order valence-corrected chi connectivity index (χ2v) is 6.26. The van der Waals surface area contributed by atoms with Gasteiger partial charge in [0.25, 0.3) is 0 Å². The van der Waals surface area contributed by atoms with Gasteiger partial charge in [0, 0.05) is 44.7 Å². The topological polar surface area (TPSA) is 93.4 Å². The Morgan fingerprint density at radius 1 is 1.15 bits per heavy atom. The van der Waals surface area contributed by atoms with Crippen molar-refractivity contribution in [3.05, 3.63) is 47.8 Å². The third-order valence-corrected chi connectivity index (χ3v) is 4.52. The number of pyridine rings is 1. The fraction of sp³-hybridized carbons (Fsp3) is 0.389. The molecule has 0 bridgehead atoms. The van der Waals surface area contributed by atoms with Gasteiger partial charge in [-0.25, -0.2) is 15.0 Å². The predicted octanol–water partition coefficient (Wildman–Crippen LogP) is 1.01. The molecule has 2 N–H and O–H groups in total. The van der Waals surface area contributed by atoms with Gasteiger partial charge in [-0.15, -0.1) is 0 Å². The molecule has 0 amide bonds. The summed E-state index contributed by atoms with van der Waals surface area (Å²) in [5, 5.41) is 11.0. The Hall–Kier alpha value is -2.87. The van der Waals surface area contributed by atoms with Crippen LogP contribution in [0.5, 0.6) is 0 Å². The molecule has 0 saturated heterocycles. The average molecular weight is 350 g/mol. The first-order valence-electron chi connectivity index (χ1n) is 8.90. The van der Waals surface area contributed by atoms with E-state index in [1.807, 2.05) is 25.2 Å². The molecule has 3 aromatic rings. The van der Waals surface area contributed by atoms with Gasteiger partial charge in [-0.05, 0) is 25.1 Å². The summed E-state index contributed by atoms with van der Waals surface area (Å²) in [6, 6.07) is 5.80. The molecular formula is C18H22N8. The normalized spacial score (nSPS) is 13.9. The Morgan fingerprint density at radius 2 is 2.08 bits per heavy atom. The third-order valence-electron chi connectivity index (χ3n) is 4.52. The van der Waals surface area contributed by atoms with E-state index in [0.717, 1.165) is 61.9 Å². The summed E-state index contributed by atoms with van der Waals surface area (Å²) >= 11 is 0. The molecule has 134 valence electrons. The standard InChI is InChI=1S/C18H22N8/c1-26-16(22-12-23-26)7-11-21-17-13-5-9-19-10-6-14(13)24-18(25-17)15-4-2-3-8-20-15/h2-4,8,12,19H,5-7,9-11H2,1H3,(H,21,24,25). The fourth-order valence-electron chi connectivity index (χ4n) is 3.14. The second kappa shape index (κ2) is 7.57. The van der Waals surface area contributed by atoms with Gasteiger partial charge in [0.2, 0.25) is 0 Å². The van der Waals surface area contributed by atoms with E-state index in [9.17, 15) is 0 Å². The molecule has 0 saturated carbocycles. The Bertz CT molecular complexity index is 874. The lowest BCUT2D eigenvalue weighted by Gasteiger charge is -2.14. The van der Waals surface area contributed by atoms with E-state index >= 15 is 0 Å². The van der Waals surface area contributed by atoms with Gasteiger partial charge in [0.05, 0.1) is 5.69 Å². The molecule has 4 rings (SSSR count). The van der Waals surface area contributed by atoms with Gasteiger partial charge < -0.3 is 10.6 Å². The minimum Gasteiger partial charge on any atom is -0.369 e. The van der Waals surface area contributed by atoms with Gasteiger partial charge in [0.15, 0.2) is 5.82 Å². The Morgan fingerprint density at radius 3 is 2.88 bits per heavy atom. The Balaban J connectivity index is 1.62. The highest BCUT2D eigenvalue weighted by Gasteiger charge is 2.17. The summed E-state index contributed by atoms with van der Waals surface area (Å²) < 4.78 is 1.80. The molecule has 3 aromatic heterocycles. The van der Waals surface area contributed by atoms with Gasteiger partial charge in [-0.3, -0.25) is 9.67 Å². The number of nitrogens with zero attached hydrogens (tertiary/aromatic N) is 6. The van der Waals surface area contributed by atoms with Crippen LogP contribution in [0.25, 0.3) is 11.5 Å². The van der Waals surface area contributed by atoms with E-state index in [-0.39, 0.29) is 0 Å². The molecule has 0 aliphatic carbocycles. The zero-order valence-corrected chi connectivity index (χ0v) is 14.8. The molecule has 0 radical (unpaired) electrons. The summed E-state index contributed by atoms with van der Waals surface area (Å²) in [4.78, 5) is 18.3. The molecule has 8 nitrogen and oxygen atoms in total. The number of hydrogen-bond donors (Lipinski definition) is 2. The molecule has 0 atom stereocenters. The molecule has 1 aliphatic heterocycles. The van der Waals surface area contributed by atoms with Crippen molar-refractivity contribution >= 4 is 5.82 Å². The van der Waals surface area contributed by atoms with Crippen LogP contribution in [0, 0.1) is 0 Å². The number of anilines is 1. The molecule has 0 fully saturated rings. The molecule has 26 heavy (non-hydrogen) atoms. The summed E-state index contributed by atoms with van der Waals surface area (Å²) in [6.07, 6.45) is 5.95. The van der Waals surface area contributed by atoms with Crippen molar-refractivity contribution in [2.24, 2.45) is 7.05 Å². The molecule has 0 unspecified atom stereocenters. The minimum atomic E-state index is 0.674. The summed E-state index contributed by atoms with van der Waals surface area (Å²) in [5.74, 6) is 2.53. The third kappa shape index (κ3) is 3.55. The molecular weight excluding hydrogens is 328 g/mol. The van der Waals surface area contributed by atoms with E-state index in [4.69, 9.17) is 9.97 Å². The van der Waals surface area contributed by atoms with Crippen LogP contribution in [0.1, 0.15) is 17.1 Å². The lowest BCUT2D eigenvalue weighted by atomic mass is 10.1. The summed E-state index contributed by atoms with van der Waals surface area (Å²) in [6.45, 7) is 2.62. The molecule has 0 spiro atoms. The Kier molecular flexibility index (Phi) is 4.83. The molecule has 0 aromatic carbocycles.